The van der Waals surface area contributed by atoms with Gasteiger partial charge in [-0.05, 0) is 26.0 Å². The van der Waals surface area contributed by atoms with E-state index in [4.69, 9.17) is 8.94 Å². The molecule has 0 spiro atoms. The molecule has 3 heterocycles. The van der Waals surface area contributed by atoms with Crippen LogP contribution in [0.2, 0.25) is 0 Å². The normalized spacial score (nSPS) is 16.8. The van der Waals surface area contributed by atoms with Crippen molar-refractivity contribution in [3.8, 4) is 0 Å². The molecular weight excluding hydrogens is 312 g/mol. The van der Waals surface area contributed by atoms with E-state index in [1.54, 1.807) is 30.0 Å². The zero-order chi connectivity index (χ0) is 17.1. The van der Waals surface area contributed by atoms with E-state index < -0.39 is 0 Å². The molecule has 8 nitrogen and oxygen atoms in total. The zero-order valence-electron chi connectivity index (χ0n) is 13.7. The molecule has 1 aliphatic rings. The fourth-order valence-corrected chi connectivity index (χ4v) is 2.69. The standard InChI is InChI=1S/C16H20N4O4/c1-11-10-14(18-24-11)17-15(21)12(2)19-5-7-20(8-6-19)16(22)13-4-3-9-23-13/h3-4,9-10,12H,5-8H2,1-2H3,(H,17,18,21)/t12-/m1/s1. The number of rotatable bonds is 4. The number of hydrogen-bond acceptors (Lipinski definition) is 6. The van der Waals surface area contributed by atoms with Crippen molar-refractivity contribution in [3.05, 3.63) is 36.0 Å². The second-order valence-electron chi connectivity index (χ2n) is 5.79. The van der Waals surface area contributed by atoms with Gasteiger partial charge in [0.15, 0.2) is 11.6 Å². The van der Waals surface area contributed by atoms with Crippen LogP contribution >= 0.6 is 0 Å². The van der Waals surface area contributed by atoms with E-state index in [-0.39, 0.29) is 17.9 Å². The number of anilines is 1. The number of aryl methyl sites for hydroxylation is 1. The molecule has 0 radical (unpaired) electrons. The Balaban J connectivity index is 1.52. The molecule has 0 aromatic carbocycles. The number of nitrogens with one attached hydrogen (secondary N) is 1. The largest absolute Gasteiger partial charge is 0.459 e. The Morgan fingerprint density at radius 3 is 2.62 bits per heavy atom. The van der Waals surface area contributed by atoms with E-state index in [2.05, 4.69) is 10.5 Å². The molecule has 2 aromatic rings. The summed E-state index contributed by atoms with van der Waals surface area (Å²) in [5, 5.41) is 6.49. The van der Waals surface area contributed by atoms with Gasteiger partial charge in [-0.15, -0.1) is 0 Å². The predicted molar refractivity (Wildman–Crippen MR) is 85.5 cm³/mol. The smallest absolute Gasteiger partial charge is 0.289 e. The molecule has 24 heavy (non-hydrogen) atoms. The number of amides is 2. The van der Waals surface area contributed by atoms with E-state index in [0.29, 0.717) is 43.5 Å². The highest BCUT2D eigenvalue weighted by atomic mass is 16.5. The molecule has 1 aliphatic heterocycles. The van der Waals surface area contributed by atoms with Gasteiger partial charge in [0.25, 0.3) is 5.91 Å². The molecule has 0 saturated carbocycles. The number of carbonyl (C=O) groups excluding carboxylic acids is 2. The molecule has 1 saturated heterocycles. The topological polar surface area (TPSA) is 91.8 Å². The first-order valence-corrected chi connectivity index (χ1v) is 7.85. The lowest BCUT2D eigenvalue weighted by Gasteiger charge is -2.36. The summed E-state index contributed by atoms with van der Waals surface area (Å²) >= 11 is 0. The number of piperazine rings is 1. The van der Waals surface area contributed by atoms with Crippen LogP contribution in [0.4, 0.5) is 5.82 Å². The van der Waals surface area contributed by atoms with Crippen LogP contribution in [-0.4, -0.2) is 59.0 Å². The van der Waals surface area contributed by atoms with Crippen molar-refractivity contribution in [2.24, 2.45) is 0 Å². The van der Waals surface area contributed by atoms with Crippen molar-refractivity contribution in [1.82, 2.24) is 15.0 Å². The molecule has 1 fully saturated rings. The maximum atomic E-state index is 12.3. The molecule has 8 heteroatoms. The first-order valence-electron chi connectivity index (χ1n) is 7.85. The maximum absolute atomic E-state index is 12.3. The summed E-state index contributed by atoms with van der Waals surface area (Å²) < 4.78 is 10.1. The lowest BCUT2D eigenvalue weighted by atomic mass is 10.2. The molecule has 1 atom stereocenters. The molecule has 128 valence electrons. The van der Waals surface area contributed by atoms with E-state index in [1.807, 2.05) is 11.8 Å². The van der Waals surface area contributed by atoms with Crippen LogP contribution in [0.1, 0.15) is 23.2 Å². The molecule has 2 amide bonds. The average molecular weight is 332 g/mol. The van der Waals surface area contributed by atoms with Crippen molar-refractivity contribution in [1.29, 1.82) is 0 Å². The van der Waals surface area contributed by atoms with Crippen molar-refractivity contribution in [3.63, 3.8) is 0 Å². The second-order valence-corrected chi connectivity index (χ2v) is 5.79. The summed E-state index contributed by atoms with van der Waals surface area (Å²) in [5.74, 6) is 1.14. The number of furan rings is 1. The Hall–Kier alpha value is -2.61. The Morgan fingerprint density at radius 1 is 1.29 bits per heavy atom. The monoisotopic (exact) mass is 332 g/mol. The van der Waals surface area contributed by atoms with Gasteiger partial charge in [-0.2, -0.15) is 0 Å². The van der Waals surface area contributed by atoms with Gasteiger partial charge < -0.3 is 19.2 Å². The van der Waals surface area contributed by atoms with Crippen molar-refractivity contribution in [2.75, 3.05) is 31.5 Å². The van der Waals surface area contributed by atoms with Crippen LogP contribution in [-0.2, 0) is 4.79 Å². The molecule has 0 aliphatic carbocycles. The van der Waals surface area contributed by atoms with Crippen molar-refractivity contribution in [2.45, 2.75) is 19.9 Å². The van der Waals surface area contributed by atoms with Crippen molar-refractivity contribution < 1.29 is 18.5 Å². The van der Waals surface area contributed by atoms with Gasteiger partial charge in [0, 0.05) is 32.2 Å². The Kier molecular flexibility index (Phi) is 4.66. The van der Waals surface area contributed by atoms with Crippen LogP contribution in [0, 0.1) is 6.92 Å². The number of aromatic nitrogens is 1. The Labute approximate surface area is 139 Å². The molecule has 1 N–H and O–H groups in total. The predicted octanol–water partition coefficient (Wildman–Crippen LogP) is 1.36. The first kappa shape index (κ1) is 16.3. The Bertz CT molecular complexity index is 701. The third-order valence-corrected chi connectivity index (χ3v) is 4.14. The van der Waals surface area contributed by atoms with Gasteiger partial charge in [-0.25, -0.2) is 0 Å². The van der Waals surface area contributed by atoms with Gasteiger partial charge in [0.05, 0.1) is 12.3 Å². The highest BCUT2D eigenvalue weighted by Crippen LogP contribution is 2.13. The van der Waals surface area contributed by atoms with Gasteiger partial charge >= 0.3 is 0 Å². The lowest BCUT2D eigenvalue weighted by molar-refractivity contribution is -0.121. The van der Waals surface area contributed by atoms with E-state index in [9.17, 15) is 9.59 Å². The van der Waals surface area contributed by atoms with Gasteiger partial charge in [0.2, 0.25) is 5.91 Å². The fraction of sp³-hybridized carbons (Fsp3) is 0.438. The van der Waals surface area contributed by atoms with Crippen LogP contribution in [0.5, 0.6) is 0 Å². The molecule has 0 unspecified atom stereocenters. The molecular formula is C16H20N4O4. The summed E-state index contributed by atoms with van der Waals surface area (Å²) in [5.41, 5.74) is 0. The van der Waals surface area contributed by atoms with Crippen molar-refractivity contribution >= 4 is 17.6 Å². The minimum atomic E-state index is -0.317. The SMILES string of the molecule is Cc1cc(NC(=O)[C@@H](C)N2CCN(C(=O)c3ccco3)CC2)no1. The second kappa shape index (κ2) is 6.88. The van der Waals surface area contributed by atoms with Gasteiger partial charge in [-0.3, -0.25) is 14.5 Å². The van der Waals surface area contributed by atoms with Crippen LogP contribution in [0.25, 0.3) is 0 Å². The quantitative estimate of drug-likeness (QED) is 0.909. The fourth-order valence-electron chi connectivity index (χ4n) is 2.69. The average Bonchev–Trinajstić information content (AvgIpc) is 3.25. The van der Waals surface area contributed by atoms with Gasteiger partial charge in [-0.1, -0.05) is 5.16 Å². The van der Waals surface area contributed by atoms with E-state index in [1.165, 1.54) is 6.26 Å². The highest BCUT2D eigenvalue weighted by Gasteiger charge is 2.29. The van der Waals surface area contributed by atoms with Gasteiger partial charge in [0.1, 0.15) is 5.76 Å². The number of hydrogen-bond donors (Lipinski definition) is 1. The molecule has 0 bridgehead atoms. The lowest BCUT2D eigenvalue weighted by Crippen LogP contribution is -2.54. The highest BCUT2D eigenvalue weighted by molar-refractivity contribution is 5.94. The van der Waals surface area contributed by atoms with E-state index >= 15 is 0 Å². The van der Waals surface area contributed by atoms with Crippen LogP contribution in [0.15, 0.2) is 33.4 Å². The Morgan fingerprint density at radius 2 is 2.04 bits per heavy atom. The first-order chi connectivity index (χ1) is 11.5. The minimum absolute atomic E-state index is 0.116. The summed E-state index contributed by atoms with van der Waals surface area (Å²) in [6.07, 6.45) is 1.49. The minimum Gasteiger partial charge on any atom is -0.459 e. The number of carbonyl (C=O) groups is 2. The third-order valence-electron chi connectivity index (χ3n) is 4.14. The van der Waals surface area contributed by atoms with Crippen LogP contribution < -0.4 is 5.32 Å². The summed E-state index contributed by atoms with van der Waals surface area (Å²) in [7, 11) is 0. The molecule has 3 rings (SSSR count). The number of nitrogens with zero attached hydrogens (tertiary/aromatic N) is 3. The van der Waals surface area contributed by atoms with Crippen LogP contribution in [0.3, 0.4) is 0 Å². The third kappa shape index (κ3) is 3.48. The summed E-state index contributed by atoms with van der Waals surface area (Å²) in [6, 6.07) is 4.71. The molecule has 2 aromatic heterocycles. The summed E-state index contributed by atoms with van der Waals surface area (Å²) in [4.78, 5) is 28.3. The zero-order valence-corrected chi connectivity index (χ0v) is 13.7. The summed E-state index contributed by atoms with van der Waals surface area (Å²) in [6.45, 7) is 5.96. The van der Waals surface area contributed by atoms with E-state index in [0.717, 1.165) is 0 Å². The maximum Gasteiger partial charge on any atom is 0.289 e.